The standard InChI is InChI=1S/C23H27FN6O2/c1-2-32-23(31)18-14-27-30-11-8-21(28-22(18)30)29-10-3-4-20(29)17-12-15(24)13-26-19(17)7-9-25-16-5-6-16/h8,11-14,16,20,25H,2-7,9-10H2,1H3/t20-/m1/s1. The molecule has 3 aromatic heterocycles. The number of carbonyl (C=O) groups is 1. The largest absolute Gasteiger partial charge is 0.462 e. The summed E-state index contributed by atoms with van der Waals surface area (Å²) in [7, 11) is 0. The Kier molecular flexibility index (Phi) is 5.73. The number of carbonyl (C=O) groups excluding carboxylic acids is 1. The fraction of sp³-hybridized carbons (Fsp3) is 0.478. The molecule has 2 fully saturated rings. The number of rotatable bonds is 8. The minimum atomic E-state index is -0.440. The molecule has 1 N–H and O–H groups in total. The Morgan fingerprint density at radius 1 is 1.31 bits per heavy atom. The van der Waals surface area contributed by atoms with Gasteiger partial charge in [0.2, 0.25) is 0 Å². The van der Waals surface area contributed by atoms with E-state index in [0.717, 1.165) is 49.4 Å². The van der Waals surface area contributed by atoms with E-state index < -0.39 is 5.97 Å². The van der Waals surface area contributed by atoms with Gasteiger partial charge < -0.3 is 15.0 Å². The lowest BCUT2D eigenvalue weighted by Gasteiger charge is -2.27. The first-order valence-electron chi connectivity index (χ1n) is 11.3. The highest BCUT2D eigenvalue weighted by Crippen LogP contribution is 2.37. The SMILES string of the molecule is CCOC(=O)c1cnn2ccc(N3CCC[C@@H]3c3cc(F)cnc3CCNC3CC3)nc12. The van der Waals surface area contributed by atoms with Crippen molar-refractivity contribution < 1.29 is 13.9 Å². The van der Waals surface area contributed by atoms with E-state index in [-0.39, 0.29) is 18.5 Å². The number of hydrogen-bond donors (Lipinski definition) is 1. The number of esters is 1. The maximum Gasteiger partial charge on any atom is 0.343 e. The molecule has 1 atom stereocenters. The summed E-state index contributed by atoms with van der Waals surface area (Å²) < 4.78 is 20.9. The van der Waals surface area contributed by atoms with Crippen LogP contribution >= 0.6 is 0 Å². The molecule has 0 radical (unpaired) electrons. The van der Waals surface area contributed by atoms with Crippen LogP contribution in [0.25, 0.3) is 5.65 Å². The molecule has 3 aromatic rings. The smallest absolute Gasteiger partial charge is 0.343 e. The van der Waals surface area contributed by atoms with Gasteiger partial charge in [0, 0.05) is 37.4 Å². The van der Waals surface area contributed by atoms with Crippen molar-refractivity contribution in [3.05, 3.63) is 53.4 Å². The minimum absolute atomic E-state index is 0.0157. The maximum absolute atomic E-state index is 14.2. The molecular weight excluding hydrogens is 411 g/mol. The first kappa shape index (κ1) is 20.8. The van der Waals surface area contributed by atoms with Crippen molar-refractivity contribution in [3.63, 3.8) is 0 Å². The van der Waals surface area contributed by atoms with Crippen LogP contribution in [0.1, 0.15) is 60.3 Å². The van der Waals surface area contributed by atoms with E-state index in [1.54, 1.807) is 23.7 Å². The number of fused-ring (bicyclic) bond motifs is 1. The molecule has 0 bridgehead atoms. The molecule has 2 aliphatic rings. The number of halogens is 1. The fourth-order valence-corrected chi connectivity index (χ4v) is 4.40. The summed E-state index contributed by atoms with van der Waals surface area (Å²) in [5.74, 6) is -0.0307. The normalized spacial score (nSPS) is 18.4. The lowest BCUT2D eigenvalue weighted by molar-refractivity contribution is 0.0528. The molecule has 0 aromatic carbocycles. The van der Waals surface area contributed by atoms with Crippen molar-refractivity contribution in [1.29, 1.82) is 0 Å². The average molecular weight is 439 g/mol. The number of nitrogens with one attached hydrogen (secondary N) is 1. The van der Waals surface area contributed by atoms with Crippen LogP contribution < -0.4 is 10.2 Å². The van der Waals surface area contributed by atoms with E-state index in [1.165, 1.54) is 25.2 Å². The van der Waals surface area contributed by atoms with Gasteiger partial charge in [-0.25, -0.2) is 18.7 Å². The van der Waals surface area contributed by atoms with E-state index >= 15 is 0 Å². The van der Waals surface area contributed by atoms with Gasteiger partial charge in [0.15, 0.2) is 5.65 Å². The van der Waals surface area contributed by atoms with Crippen molar-refractivity contribution in [2.75, 3.05) is 24.6 Å². The molecule has 168 valence electrons. The highest BCUT2D eigenvalue weighted by Gasteiger charge is 2.30. The van der Waals surface area contributed by atoms with Crippen LogP contribution in [0, 0.1) is 5.82 Å². The third-order valence-corrected chi connectivity index (χ3v) is 6.10. The van der Waals surface area contributed by atoms with Crippen LogP contribution in [0.15, 0.2) is 30.7 Å². The Balaban J connectivity index is 1.44. The molecule has 5 rings (SSSR count). The number of aromatic nitrogens is 4. The minimum Gasteiger partial charge on any atom is -0.462 e. The summed E-state index contributed by atoms with van der Waals surface area (Å²) in [6, 6.07) is 4.11. The summed E-state index contributed by atoms with van der Waals surface area (Å²) >= 11 is 0. The van der Waals surface area contributed by atoms with Gasteiger partial charge in [0.25, 0.3) is 0 Å². The summed E-state index contributed by atoms with van der Waals surface area (Å²) in [4.78, 5) is 23.6. The molecule has 1 aliphatic carbocycles. The number of ether oxygens (including phenoxy) is 1. The van der Waals surface area contributed by atoms with E-state index in [0.29, 0.717) is 17.3 Å². The van der Waals surface area contributed by atoms with E-state index in [9.17, 15) is 9.18 Å². The Hall–Kier alpha value is -3.07. The molecule has 0 spiro atoms. The zero-order chi connectivity index (χ0) is 22.1. The highest BCUT2D eigenvalue weighted by molar-refractivity contribution is 5.95. The van der Waals surface area contributed by atoms with Crippen molar-refractivity contribution in [1.82, 2.24) is 24.9 Å². The molecular formula is C23H27FN6O2. The summed E-state index contributed by atoms with van der Waals surface area (Å²) in [5, 5.41) is 7.73. The Morgan fingerprint density at radius 2 is 2.19 bits per heavy atom. The monoisotopic (exact) mass is 438 g/mol. The molecule has 32 heavy (non-hydrogen) atoms. The molecule has 8 nitrogen and oxygen atoms in total. The number of pyridine rings is 1. The molecule has 1 saturated heterocycles. The molecule has 0 unspecified atom stereocenters. The fourth-order valence-electron chi connectivity index (χ4n) is 4.40. The van der Waals surface area contributed by atoms with Gasteiger partial charge in [0.1, 0.15) is 17.2 Å². The predicted octanol–water partition coefficient (Wildman–Crippen LogP) is 3.08. The predicted molar refractivity (Wildman–Crippen MR) is 117 cm³/mol. The quantitative estimate of drug-likeness (QED) is 0.541. The second-order valence-electron chi connectivity index (χ2n) is 8.35. The molecule has 1 saturated carbocycles. The zero-order valence-electron chi connectivity index (χ0n) is 18.1. The molecule has 1 aliphatic heterocycles. The van der Waals surface area contributed by atoms with Crippen molar-refractivity contribution in [2.24, 2.45) is 0 Å². The van der Waals surface area contributed by atoms with Crippen molar-refractivity contribution in [2.45, 2.75) is 51.1 Å². The van der Waals surface area contributed by atoms with Crippen LogP contribution in [0.5, 0.6) is 0 Å². The van der Waals surface area contributed by atoms with Gasteiger partial charge in [-0.1, -0.05) is 0 Å². The lowest BCUT2D eigenvalue weighted by Crippen LogP contribution is -2.26. The van der Waals surface area contributed by atoms with Gasteiger partial charge in [0.05, 0.1) is 25.0 Å². The highest BCUT2D eigenvalue weighted by atomic mass is 19.1. The third-order valence-electron chi connectivity index (χ3n) is 6.10. The van der Waals surface area contributed by atoms with Crippen LogP contribution in [-0.4, -0.2) is 51.3 Å². The van der Waals surface area contributed by atoms with Gasteiger partial charge >= 0.3 is 5.97 Å². The average Bonchev–Trinajstić information content (AvgIpc) is 3.32. The van der Waals surface area contributed by atoms with Gasteiger partial charge in [-0.3, -0.25) is 4.98 Å². The van der Waals surface area contributed by atoms with Gasteiger partial charge in [-0.15, -0.1) is 0 Å². The zero-order valence-corrected chi connectivity index (χ0v) is 18.1. The summed E-state index contributed by atoms with van der Waals surface area (Å²) in [6.45, 7) is 3.69. The second-order valence-corrected chi connectivity index (χ2v) is 8.35. The Morgan fingerprint density at radius 3 is 3.00 bits per heavy atom. The first-order chi connectivity index (χ1) is 15.6. The second kappa shape index (κ2) is 8.82. The Bertz CT molecular complexity index is 1130. The summed E-state index contributed by atoms with van der Waals surface area (Å²) in [6.07, 6.45) is 9.67. The van der Waals surface area contributed by atoms with Crippen LogP contribution in [0.2, 0.25) is 0 Å². The maximum atomic E-state index is 14.2. The van der Waals surface area contributed by atoms with E-state index in [1.807, 2.05) is 6.07 Å². The van der Waals surface area contributed by atoms with Gasteiger partial charge in [-0.05, 0) is 50.3 Å². The number of hydrogen-bond acceptors (Lipinski definition) is 7. The van der Waals surface area contributed by atoms with Crippen molar-refractivity contribution in [3.8, 4) is 0 Å². The molecule has 9 heteroatoms. The number of anilines is 1. The van der Waals surface area contributed by atoms with Gasteiger partial charge in [-0.2, -0.15) is 5.10 Å². The topological polar surface area (TPSA) is 84.6 Å². The van der Waals surface area contributed by atoms with Crippen LogP contribution in [0.4, 0.5) is 10.2 Å². The molecule has 0 amide bonds. The Labute approximate surface area is 185 Å². The third kappa shape index (κ3) is 4.17. The first-order valence-corrected chi connectivity index (χ1v) is 11.3. The molecule has 4 heterocycles. The van der Waals surface area contributed by atoms with Crippen molar-refractivity contribution >= 4 is 17.4 Å². The lowest BCUT2D eigenvalue weighted by atomic mass is 10.0. The number of nitrogens with zero attached hydrogens (tertiary/aromatic N) is 5. The van der Waals surface area contributed by atoms with E-state index in [2.05, 4.69) is 20.3 Å². The van der Waals surface area contributed by atoms with E-state index in [4.69, 9.17) is 9.72 Å². The van der Waals surface area contributed by atoms with Crippen LogP contribution in [-0.2, 0) is 11.2 Å². The van der Waals surface area contributed by atoms with Crippen LogP contribution in [0.3, 0.4) is 0 Å². The summed E-state index contributed by atoms with van der Waals surface area (Å²) in [5.41, 5.74) is 2.64.